The maximum Gasteiger partial charge on any atom is 0.573 e. The molecule has 2 saturated heterocycles. The lowest BCUT2D eigenvalue weighted by Gasteiger charge is -2.42. The van der Waals surface area contributed by atoms with Gasteiger partial charge in [-0.15, -0.1) is 13.2 Å². The Morgan fingerprint density at radius 1 is 1.10 bits per heavy atom. The molecule has 0 bridgehead atoms. The Morgan fingerprint density at radius 3 is 2.17 bits per heavy atom. The van der Waals surface area contributed by atoms with Crippen LogP contribution in [-0.2, 0) is 19.6 Å². The molecule has 2 N–H and O–H groups in total. The highest BCUT2D eigenvalue weighted by molar-refractivity contribution is 7.91. The molecule has 0 atom stereocenters. The fraction of sp³-hybridized carbons (Fsp3) is 0.588. The second-order valence-corrected chi connectivity index (χ2v) is 9.23. The summed E-state index contributed by atoms with van der Waals surface area (Å²) in [6.45, 7) is 0.908. The van der Waals surface area contributed by atoms with Crippen LogP contribution < -0.4 is 15.1 Å². The van der Waals surface area contributed by atoms with E-state index in [0.29, 0.717) is 5.69 Å². The maximum absolute atomic E-state index is 13.2. The van der Waals surface area contributed by atoms with E-state index in [1.54, 1.807) is 0 Å². The van der Waals surface area contributed by atoms with Gasteiger partial charge in [-0.3, -0.25) is 10.0 Å². The molecule has 2 aliphatic heterocycles. The highest BCUT2D eigenvalue weighted by Crippen LogP contribution is 2.34. The molecule has 1 aromatic rings. The third-order valence-corrected chi connectivity index (χ3v) is 7.95. The molecule has 2 heterocycles. The van der Waals surface area contributed by atoms with Crippen LogP contribution in [0.4, 0.5) is 18.9 Å². The average molecular weight is 453 g/mol. The minimum absolute atomic E-state index is 0.0669. The van der Waals surface area contributed by atoms with E-state index in [4.69, 9.17) is 9.94 Å². The van der Waals surface area contributed by atoms with E-state index in [-0.39, 0.29) is 58.0 Å². The Morgan fingerprint density at radius 2 is 1.67 bits per heavy atom. The Kier molecular flexibility index (Phi) is 6.45. The molecule has 0 saturated carbocycles. The van der Waals surface area contributed by atoms with Crippen molar-refractivity contribution >= 4 is 21.6 Å². The number of halogens is 3. The molecular weight excluding hydrogens is 431 g/mol. The molecule has 9 nitrogen and oxygen atoms in total. The van der Waals surface area contributed by atoms with Crippen LogP contribution in [-0.4, -0.2) is 74.3 Å². The number of carbonyl (C=O) groups excluding carboxylic acids is 1. The van der Waals surface area contributed by atoms with Gasteiger partial charge in [-0.25, -0.2) is 13.9 Å². The number of hydroxylamine groups is 1. The Bertz CT molecular complexity index is 848. The van der Waals surface area contributed by atoms with Crippen LogP contribution in [0.25, 0.3) is 0 Å². The standard InChI is InChI=1S/C17H22F3N3O6S/c18-17(19,20)29-14-3-1-13(2-4-14)22-7-9-23(10-8-22)30(26,27)16(15(24)21-25)5-11-28-12-6-16/h1-4,25H,5-12H2,(H,21,24). The Hall–Kier alpha value is -2.09. The van der Waals surface area contributed by atoms with Crippen LogP contribution in [0.5, 0.6) is 5.75 Å². The number of benzene rings is 1. The summed E-state index contributed by atoms with van der Waals surface area (Å²) in [5.74, 6) is -1.32. The molecule has 0 radical (unpaired) electrons. The first-order chi connectivity index (χ1) is 14.1. The topological polar surface area (TPSA) is 108 Å². The first-order valence-electron chi connectivity index (χ1n) is 9.22. The zero-order valence-electron chi connectivity index (χ0n) is 15.9. The molecule has 0 aromatic heterocycles. The van der Waals surface area contributed by atoms with Crippen molar-refractivity contribution in [3.63, 3.8) is 0 Å². The van der Waals surface area contributed by atoms with Crippen LogP contribution in [0.1, 0.15) is 12.8 Å². The molecule has 13 heteroatoms. The summed E-state index contributed by atoms with van der Waals surface area (Å²) >= 11 is 0. The predicted octanol–water partition coefficient (Wildman–Crippen LogP) is 1.09. The third-order valence-electron chi connectivity index (χ3n) is 5.32. The predicted molar refractivity (Wildman–Crippen MR) is 98.5 cm³/mol. The van der Waals surface area contributed by atoms with Crippen LogP contribution in [0.15, 0.2) is 24.3 Å². The normalized spacial score (nSPS) is 20.6. The lowest BCUT2D eigenvalue weighted by molar-refractivity contribution is -0.274. The van der Waals surface area contributed by atoms with Crippen LogP contribution in [0.3, 0.4) is 0 Å². The van der Waals surface area contributed by atoms with Crippen molar-refractivity contribution < 1.29 is 41.1 Å². The third kappa shape index (κ3) is 4.48. The van der Waals surface area contributed by atoms with Crippen molar-refractivity contribution in [2.45, 2.75) is 24.0 Å². The second-order valence-electron chi connectivity index (χ2n) is 6.98. The lowest BCUT2D eigenvalue weighted by atomic mass is 9.98. The van der Waals surface area contributed by atoms with Crippen molar-refractivity contribution in [3.8, 4) is 5.75 Å². The first kappa shape index (κ1) is 22.6. The first-order valence-corrected chi connectivity index (χ1v) is 10.7. The van der Waals surface area contributed by atoms with Crippen LogP contribution >= 0.6 is 0 Å². The van der Waals surface area contributed by atoms with Gasteiger partial charge in [-0.1, -0.05) is 0 Å². The highest BCUT2D eigenvalue weighted by atomic mass is 32.2. The monoisotopic (exact) mass is 453 g/mol. The van der Waals surface area contributed by atoms with Gasteiger partial charge in [0, 0.05) is 57.9 Å². The number of nitrogens with zero attached hydrogens (tertiary/aromatic N) is 2. The molecule has 2 fully saturated rings. The summed E-state index contributed by atoms with van der Waals surface area (Å²) in [5.41, 5.74) is 2.09. The molecule has 0 unspecified atom stereocenters. The van der Waals surface area contributed by atoms with E-state index in [0.717, 1.165) is 0 Å². The van der Waals surface area contributed by atoms with E-state index in [9.17, 15) is 26.4 Å². The summed E-state index contributed by atoms with van der Waals surface area (Å²) < 4.78 is 71.7. The Labute approximate surface area is 171 Å². The molecule has 1 aromatic carbocycles. The van der Waals surface area contributed by atoms with E-state index in [1.165, 1.54) is 34.1 Å². The van der Waals surface area contributed by atoms with Crippen molar-refractivity contribution in [1.82, 2.24) is 9.79 Å². The Balaban J connectivity index is 1.69. The molecule has 30 heavy (non-hydrogen) atoms. The number of amides is 1. The van der Waals surface area contributed by atoms with E-state index < -0.39 is 27.0 Å². The van der Waals surface area contributed by atoms with Crippen molar-refractivity contribution in [2.24, 2.45) is 0 Å². The number of rotatable bonds is 5. The number of piperazine rings is 1. The van der Waals surface area contributed by atoms with E-state index in [2.05, 4.69) is 4.74 Å². The summed E-state index contributed by atoms with van der Waals surface area (Å²) in [4.78, 5) is 14.1. The number of alkyl halides is 3. The number of carbonyl (C=O) groups is 1. The van der Waals surface area contributed by atoms with Crippen molar-refractivity contribution in [3.05, 3.63) is 24.3 Å². The molecule has 2 aliphatic rings. The molecule has 3 rings (SSSR count). The van der Waals surface area contributed by atoms with E-state index >= 15 is 0 Å². The fourth-order valence-corrected chi connectivity index (χ4v) is 5.80. The summed E-state index contributed by atoms with van der Waals surface area (Å²) in [6.07, 6.45) is -4.91. The molecule has 168 valence electrons. The van der Waals surface area contributed by atoms with Gasteiger partial charge in [0.25, 0.3) is 5.91 Å². The van der Waals surface area contributed by atoms with Crippen molar-refractivity contribution in [1.29, 1.82) is 0 Å². The van der Waals surface area contributed by atoms with Crippen LogP contribution in [0.2, 0.25) is 0 Å². The molecule has 1 amide bonds. The number of nitrogens with one attached hydrogen (secondary N) is 1. The summed E-state index contributed by atoms with van der Waals surface area (Å²) in [7, 11) is -4.08. The van der Waals surface area contributed by atoms with E-state index in [1.807, 2.05) is 4.90 Å². The van der Waals surface area contributed by atoms with Crippen molar-refractivity contribution in [2.75, 3.05) is 44.3 Å². The number of anilines is 1. The number of sulfonamides is 1. The lowest BCUT2D eigenvalue weighted by Crippen LogP contribution is -2.62. The summed E-state index contributed by atoms with van der Waals surface area (Å²) in [6, 6.07) is 5.30. The van der Waals surface area contributed by atoms with Gasteiger partial charge in [0.05, 0.1) is 0 Å². The SMILES string of the molecule is O=C(NO)C1(S(=O)(=O)N2CCN(c3ccc(OC(F)(F)F)cc3)CC2)CCOCC1. The van der Waals surface area contributed by atoms with Gasteiger partial charge in [0.1, 0.15) is 5.75 Å². The highest BCUT2D eigenvalue weighted by Gasteiger charge is 2.54. The quantitative estimate of drug-likeness (QED) is 0.508. The maximum atomic E-state index is 13.2. The smallest absolute Gasteiger partial charge is 0.406 e. The largest absolute Gasteiger partial charge is 0.573 e. The fourth-order valence-electron chi connectivity index (χ4n) is 3.70. The van der Waals surface area contributed by atoms with Gasteiger partial charge in [-0.2, -0.15) is 4.31 Å². The van der Waals surface area contributed by atoms with Crippen LogP contribution in [0, 0.1) is 0 Å². The number of hydrogen-bond donors (Lipinski definition) is 2. The zero-order chi connectivity index (χ0) is 22.0. The minimum atomic E-state index is -4.78. The summed E-state index contributed by atoms with van der Waals surface area (Å²) in [5, 5.41) is 9.09. The second kappa shape index (κ2) is 8.57. The molecule has 0 aliphatic carbocycles. The van der Waals surface area contributed by atoms with Gasteiger partial charge >= 0.3 is 6.36 Å². The molecule has 0 spiro atoms. The average Bonchev–Trinajstić information content (AvgIpc) is 2.73. The number of ether oxygens (including phenoxy) is 2. The van der Waals surface area contributed by atoms with Gasteiger partial charge < -0.3 is 14.4 Å². The van der Waals surface area contributed by atoms with Gasteiger partial charge in [-0.05, 0) is 24.3 Å². The zero-order valence-corrected chi connectivity index (χ0v) is 16.7. The number of hydrogen-bond acceptors (Lipinski definition) is 7. The minimum Gasteiger partial charge on any atom is -0.406 e. The molecular formula is C17H22F3N3O6S. The van der Waals surface area contributed by atoms with Gasteiger partial charge in [0.2, 0.25) is 10.0 Å². The van der Waals surface area contributed by atoms with Gasteiger partial charge in [0.15, 0.2) is 4.75 Å².